The zero-order chi connectivity index (χ0) is 10.1. The number of aromatic nitrogens is 3. The molecule has 2 aromatic rings. The van der Waals surface area contributed by atoms with Crippen molar-refractivity contribution in [3.05, 3.63) is 24.4 Å². The minimum Gasteiger partial charge on any atom is -0.508 e. The van der Waals surface area contributed by atoms with Crippen LogP contribution in [0.4, 0.5) is 0 Å². The molecule has 0 aliphatic carbocycles. The second-order valence-corrected chi connectivity index (χ2v) is 2.94. The summed E-state index contributed by atoms with van der Waals surface area (Å²) in [6, 6.07) is 4.37. The minimum absolute atomic E-state index is 0.0295. The van der Waals surface area contributed by atoms with E-state index in [0.29, 0.717) is 11.4 Å². The molecule has 5 nitrogen and oxygen atoms in total. The molecular weight excluding hydrogens is 182 g/mol. The molecular formula is C9H9N3O2. The molecule has 0 saturated heterocycles. The summed E-state index contributed by atoms with van der Waals surface area (Å²) in [4.78, 5) is 3.84. The van der Waals surface area contributed by atoms with Crippen LogP contribution in [0, 0.1) is 0 Å². The fourth-order valence-corrected chi connectivity index (χ4v) is 1.18. The molecule has 2 heterocycles. The van der Waals surface area contributed by atoms with E-state index in [1.54, 1.807) is 24.0 Å². The van der Waals surface area contributed by atoms with E-state index in [4.69, 9.17) is 5.11 Å². The molecule has 0 aromatic carbocycles. The Labute approximate surface area is 80.3 Å². The molecule has 0 aliphatic heterocycles. The van der Waals surface area contributed by atoms with Gasteiger partial charge < -0.3 is 10.2 Å². The number of aromatic hydroxyl groups is 2. The van der Waals surface area contributed by atoms with Gasteiger partial charge in [0.15, 0.2) is 0 Å². The van der Waals surface area contributed by atoms with Gasteiger partial charge in [0.25, 0.3) is 0 Å². The number of nitrogens with zero attached hydrogens (tertiary/aromatic N) is 3. The van der Waals surface area contributed by atoms with Crippen molar-refractivity contribution < 1.29 is 10.2 Å². The van der Waals surface area contributed by atoms with Crippen LogP contribution in [0.3, 0.4) is 0 Å². The van der Waals surface area contributed by atoms with Crippen LogP contribution in [0.1, 0.15) is 0 Å². The van der Waals surface area contributed by atoms with Crippen molar-refractivity contribution >= 4 is 0 Å². The van der Waals surface area contributed by atoms with E-state index < -0.39 is 0 Å². The van der Waals surface area contributed by atoms with E-state index in [2.05, 4.69) is 10.1 Å². The topological polar surface area (TPSA) is 71.2 Å². The van der Waals surface area contributed by atoms with Crippen LogP contribution in [-0.2, 0) is 7.05 Å². The highest BCUT2D eigenvalue weighted by molar-refractivity contribution is 5.56. The highest BCUT2D eigenvalue weighted by Crippen LogP contribution is 2.23. The number of hydrogen-bond donors (Lipinski definition) is 2. The molecule has 0 fully saturated rings. The highest BCUT2D eigenvalue weighted by atomic mass is 16.3. The quantitative estimate of drug-likeness (QED) is 0.702. The van der Waals surface area contributed by atoms with Gasteiger partial charge in [0, 0.05) is 25.4 Å². The maximum atomic E-state index is 9.23. The Hall–Kier alpha value is -2.04. The normalized spacial score (nSPS) is 10.4. The second-order valence-electron chi connectivity index (χ2n) is 2.94. The molecule has 2 rings (SSSR count). The third kappa shape index (κ3) is 1.52. The van der Waals surface area contributed by atoms with Gasteiger partial charge in [0.1, 0.15) is 11.4 Å². The Morgan fingerprint density at radius 2 is 2.00 bits per heavy atom. The van der Waals surface area contributed by atoms with Crippen LogP contribution in [0.25, 0.3) is 11.4 Å². The lowest BCUT2D eigenvalue weighted by atomic mass is 10.2. The monoisotopic (exact) mass is 191 g/mol. The summed E-state index contributed by atoms with van der Waals surface area (Å²) >= 11 is 0. The van der Waals surface area contributed by atoms with Gasteiger partial charge in [-0.15, -0.1) is 0 Å². The van der Waals surface area contributed by atoms with Crippen LogP contribution >= 0.6 is 0 Å². The molecule has 14 heavy (non-hydrogen) atoms. The Morgan fingerprint density at radius 3 is 2.57 bits per heavy atom. The first-order valence-electron chi connectivity index (χ1n) is 4.05. The van der Waals surface area contributed by atoms with Crippen molar-refractivity contribution in [2.75, 3.05) is 0 Å². The molecule has 0 aliphatic rings. The Kier molecular flexibility index (Phi) is 1.85. The molecule has 0 bridgehead atoms. The van der Waals surface area contributed by atoms with E-state index >= 15 is 0 Å². The zero-order valence-electron chi connectivity index (χ0n) is 7.55. The summed E-state index contributed by atoms with van der Waals surface area (Å²) in [7, 11) is 1.78. The van der Waals surface area contributed by atoms with Crippen LogP contribution in [0.2, 0.25) is 0 Å². The van der Waals surface area contributed by atoms with E-state index in [9.17, 15) is 5.11 Å². The van der Waals surface area contributed by atoms with Crippen molar-refractivity contribution in [1.29, 1.82) is 0 Å². The fourth-order valence-electron chi connectivity index (χ4n) is 1.18. The smallest absolute Gasteiger partial charge is 0.215 e. The largest absolute Gasteiger partial charge is 0.508 e. The number of pyridine rings is 1. The molecule has 0 spiro atoms. The number of rotatable bonds is 1. The maximum Gasteiger partial charge on any atom is 0.215 e. The SMILES string of the molecule is Cn1ccc(-c2cc(O)cc(O)n2)n1. The van der Waals surface area contributed by atoms with Gasteiger partial charge >= 0.3 is 0 Å². The van der Waals surface area contributed by atoms with E-state index in [-0.39, 0.29) is 11.6 Å². The average molecular weight is 191 g/mol. The lowest BCUT2D eigenvalue weighted by Gasteiger charge is -1.98. The summed E-state index contributed by atoms with van der Waals surface area (Å²) in [5, 5.41) is 22.5. The predicted molar refractivity (Wildman–Crippen MR) is 49.8 cm³/mol. The van der Waals surface area contributed by atoms with E-state index in [1.165, 1.54) is 12.1 Å². The molecule has 5 heteroatoms. The molecule has 0 unspecified atom stereocenters. The average Bonchev–Trinajstić information content (AvgIpc) is 2.50. The third-order valence-electron chi connectivity index (χ3n) is 1.77. The summed E-state index contributed by atoms with van der Waals surface area (Å²) < 4.78 is 1.62. The van der Waals surface area contributed by atoms with E-state index in [0.717, 1.165) is 0 Å². The molecule has 0 radical (unpaired) electrons. The third-order valence-corrected chi connectivity index (χ3v) is 1.77. The van der Waals surface area contributed by atoms with Crippen LogP contribution in [-0.4, -0.2) is 25.0 Å². The van der Waals surface area contributed by atoms with Crippen LogP contribution < -0.4 is 0 Å². The lowest BCUT2D eigenvalue weighted by Crippen LogP contribution is -1.89. The lowest BCUT2D eigenvalue weighted by molar-refractivity contribution is 0.436. The second kappa shape index (κ2) is 3.02. The van der Waals surface area contributed by atoms with Gasteiger partial charge in [-0.3, -0.25) is 4.68 Å². The molecule has 0 saturated carbocycles. The first-order chi connectivity index (χ1) is 6.65. The predicted octanol–water partition coefficient (Wildman–Crippen LogP) is 0.893. The molecule has 2 N–H and O–H groups in total. The van der Waals surface area contributed by atoms with Gasteiger partial charge in [-0.1, -0.05) is 0 Å². The number of hydrogen-bond acceptors (Lipinski definition) is 4. The molecule has 72 valence electrons. The van der Waals surface area contributed by atoms with Crippen molar-refractivity contribution in [1.82, 2.24) is 14.8 Å². The van der Waals surface area contributed by atoms with Crippen molar-refractivity contribution in [3.63, 3.8) is 0 Å². The van der Waals surface area contributed by atoms with Crippen molar-refractivity contribution in [2.45, 2.75) is 0 Å². The summed E-state index contributed by atoms with van der Waals surface area (Å²) in [5.41, 5.74) is 1.06. The summed E-state index contributed by atoms with van der Waals surface area (Å²) in [5.74, 6) is -0.246. The highest BCUT2D eigenvalue weighted by Gasteiger charge is 2.05. The fraction of sp³-hybridized carbons (Fsp3) is 0.111. The Morgan fingerprint density at radius 1 is 1.21 bits per heavy atom. The van der Waals surface area contributed by atoms with Gasteiger partial charge in [-0.05, 0) is 6.07 Å². The zero-order valence-corrected chi connectivity index (χ0v) is 7.55. The Bertz CT molecular complexity index is 445. The van der Waals surface area contributed by atoms with E-state index in [1.807, 2.05) is 0 Å². The molecule has 0 amide bonds. The van der Waals surface area contributed by atoms with Crippen molar-refractivity contribution in [2.24, 2.45) is 7.05 Å². The van der Waals surface area contributed by atoms with Crippen molar-refractivity contribution in [3.8, 4) is 23.0 Å². The maximum absolute atomic E-state index is 9.23. The van der Waals surface area contributed by atoms with Gasteiger partial charge in [-0.25, -0.2) is 4.98 Å². The first kappa shape index (κ1) is 8.55. The Balaban J connectivity index is 2.51. The van der Waals surface area contributed by atoms with Gasteiger partial charge in [-0.2, -0.15) is 5.10 Å². The van der Waals surface area contributed by atoms with Crippen LogP contribution in [0.15, 0.2) is 24.4 Å². The van der Waals surface area contributed by atoms with Crippen LogP contribution in [0.5, 0.6) is 11.6 Å². The van der Waals surface area contributed by atoms with Gasteiger partial charge in [0.05, 0.1) is 5.69 Å². The summed E-state index contributed by atoms with van der Waals surface area (Å²) in [6.45, 7) is 0. The minimum atomic E-state index is -0.217. The summed E-state index contributed by atoms with van der Waals surface area (Å²) in [6.07, 6.45) is 1.76. The molecule has 0 atom stereocenters. The number of aryl methyl sites for hydroxylation is 1. The standard InChI is InChI=1S/C9H9N3O2/c1-12-3-2-7(11-12)8-4-6(13)5-9(14)10-8/h2-5H,1H3,(H2,10,13,14). The van der Waals surface area contributed by atoms with Gasteiger partial charge in [0.2, 0.25) is 5.88 Å². The first-order valence-corrected chi connectivity index (χ1v) is 4.05. The molecule has 2 aromatic heterocycles.